The molecule has 0 aliphatic heterocycles. The highest BCUT2D eigenvalue weighted by Gasteiger charge is 1.99. The number of H-pyrrole nitrogens is 6. The van der Waals surface area contributed by atoms with Gasteiger partial charge < -0.3 is 29.9 Å². The summed E-state index contributed by atoms with van der Waals surface area (Å²) in [6.45, 7) is 24.0. The Labute approximate surface area is 452 Å². The van der Waals surface area contributed by atoms with Crippen LogP contribution in [0.3, 0.4) is 0 Å². The molecule has 6 heterocycles. The molecule has 0 unspecified atom stereocenters. The summed E-state index contributed by atoms with van der Waals surface area (Å²) in [5.41, 5.74) is 6.23. The van der Waals surface area contributed by atoms with Gasteiger partial charge in [0.1, 0.15) is 11.6 Å². The highest BCUT2D eigenvalue weighted by atomic mass is 79.9. The molecule has 6 nitrogen and oxygen atoms in total. The van der Waals surface area contributed by atoms with Crippen molar-refractivity contribution < 1.29 is 8.78 Å². The van der Waals surface area contributed by atoms with E-state index in [1.807, 2.05) is 187 Å². The van der Waals surface area contributed by atoms with Gasteiger partial charge in [-0.15, -0.1) is 0 Å². The number of aromatic nitrogens is 6. The molecule has 0 spiro atoms. The van der Waals surface area contributed by atoms with Crippen LogP contribution in [0, 0.1) is 11.6 Å². The topological polar surface area (TPSA) is 94.7 Å². The number of fused-ring (bicyclic) bond motifs is 6. The van der Waals surface area contributed by atoms with E-state index < -0.39 is 0 Å². The van der Waals surface area contributed by atoms with E-state index in [4.69, 9.17) is 23.2 Å². The zero-order chi connectivity index (χ0) is 53.8. The highest BCUT2D eigenvalue weighted by molar-refractivity contribution is 9.11. The lowest BCUT2D eigenvalue weighted by molar-refractivity contribution is 0.629. The summed E-state index contributed by atoms with van der Waals surface area (Å²) in [5, 5.41) is 8.05. The number of hydrogen-bond acceptors (Lipinski definition) is 0. The van der Waals surface area contributed by atoms with Gasteiger partial charge in [0.25, 0.3) is 0 Å². The SMILES string of the molecule is Brc1ccc2cc[nH]c2c1.Brc1cccc2[nH]ccc12.CC.CC.CC.CC.CC.CC.Clc1ccc2cc[nH]c2c1.Clc1cccc2[nH]ccc12.Fc1ccc2cc[nH]c2c1.Fc1cccc2[nH]ccc12. The maximum atomic E-state index is 12.8. The molecule has 0 radical (unpaired) electrons. The van der Waals surface area contributed by atoms with Crippen LogP contribution in [0.2, 0.25) is 10.0 Å². The Balaban J connectivity index is 0.000000414. The van der Waals surface area contributed by atoms with Crippen LogP contribution in [0.5, 0.6) is 0 Å². The quantitative estimate of drug-likeness (QED) is 0.0873. The summed E-state index contributed by atoms with van der Waals surface area (Å²) in [6.07, 6.45) is 11.2. The van der Waals surface area contributed by atoms with Crippen molar-refractivity contribution in [2.45, 2.75) is 83.1 Å². The maximum absolute atomic E-state index is 12.8. The molecule has 0 bridgehead atoms. The van der Waals surface area contributed by atoms with Crippen molar-refractivity contribution >= 4 is 120 Å². The number of halogens is 6. The molecule has 72 heavy (non-hydrogen) atoms. The fourth-order valence-corrected chi connectivity index (χ4v) is 7.47. The Bertz CT molecular complexity index is 2890. The average Bonchev–Trinajstić information content (AvgIpc) is 4.30. The lowest BCUT2D eigenvalue weighted by Gasteiger charge is -1.90. The molecule has 0 aliphatic carbocycles. The zero-order valence-electron chi connectivity index (χ0n) is 43.6. The summed E-state index contributed by atoms with van der Waals surface area (Å²) in [5.74, 6) is -0.367. The predicted octanol–water partition coefficient (Wildman–Crippen LogP) is 22.3. The molecular formula is C60H72Br2Cl2F2N6. The van der Waals surface area contributed by atoms with Crippen LogP contribution in [0.4, 0.5) is 8.78 Å². The first-order chi connectivity index (χ1) is 35.2. The van der Waals surface area contributed by atoms with Crippen molar-refractivity contribution in [2.75, 3.05) is 0 Å². The molecule has 6 N–H and O–H groups in total. The molecular weight excluding hydrogens is 1070 g/mol. The van der Waals surface area contributed by atoms with E-state index in [2.05, 4.69) is 92.1 Å². The van der Waals surface area contributed by atoms with E-state index in [1.54, 1.807) is 30.6 Å². The van der Waals surface area contributed by atoms with Crippen molar-refractivity contribution in [3.05, 3.63) is 213 Å². The molecule has 0 fully saturated rings. The van der Waals surface area contributed by atoms with E-state index in [0.717, 1.165) is 51.8 Å². The van der Waals surface area contributed by atoms with Crippen LogP contribution in [0.1, 0.15) is 83.1 Å². The van der Waals surface area contributed by atoms with Gasteiger partial charge in [0.05, 0.1) is 0 Å². The molecule has 384 valence electrons. The van der Waals surface area contributed by atoms with Crippen LogP contribution >= 0.6 is 55.1 Å². The second kappa shape index (κ2) is 37.7. The van der Waals surface area contributed by atoms with Gasteiger partial charge in [-0.25, -0.2) is 8.78 Å². The van der Waals surface area contributed by atoms with Gasteiger partial charge in [0.2, 0.25) is 0 Å². The van der Waals surface area contributed by atoms with Crippen LogP contribution in [0.15, 0.2) is 192 Å². The summed E-state index contributed by atoms with van der Waals surface area (Å²) in [4.78, 5) is 18.3. The standard InChI is InChI=1S/2C8H6BrN.2C8H6ClN.2C8H6FN.6C2H6/c9-7-2-1-6-3-4-10-8(6)5-7;9-7-2-1-3-8-6(7)4-5-10-8;9-7-2-1-6-3-4-10-8(6)5-7;9-7-2-1-3-8-6(7)4-5-10-8;9-7-2-1-6-3-4-10-8(6)5-7;9-7-2-1-3-8-6(7)4-5-10-8;6*1-2/h6*1-5,10H;6*1-2H3. The Morgan fingerprint density at radius 2 is 0.736 bits per heavy atom. The summed E-state index contributed by atoms with van der Waals surface area (Å²) in [7, 11) is 0. The summed E-state index contributed by atoms with van der Waals surface area (Å²) < 4.78 is 27.6. The van der Waals surface area contributed by atoms with Crippen molar-refractivity contribution in [2.24, 2.45) is 0 Å². The highest BCUT2D eigenvalue weighted by Crippen LogP contribution is 2.23. The van der Waals surface area contributed by atoms with E-state index in [-0.39, 0.29) is 11.6 Å². The number of rotatable bonds is 0. The minimum absolute atomic E-state index is 0.168. The van der Waals surface area contributed by atoms with Crippen LogP contribution in [-0.4, -0.2) is 29.9 Å². The molecule has 12 aromatic rings. The summed E-state index contributed by atoms with van der Waals surface area (Å²) >= 11 is 18.5. The summed E-state index contributed by atoms with van der Waals surface area (Å²) in [6, 6.07) is 45.3. The van der Waals surface area contributed by atoms with Gasteiger partial charge in [-0.2, -0.15) is 0 Å². The number of benzene rings is 6. The maximum Gasteiger partial charge on any atom is 0.132 e. The molecule has 0 atom stereocenters. The second-order valence-electron chi connectivity index (χ2n) is 13.2. The van der Waals surface area contributed by atoms with Gasteiger partial charge in [-0.05, 0) is 131 Å². The Morgan fingerprint density at radius 1 is 0.347 bits per heavy atom. The van der Waals surface area contributed by atoms with Crippen LogP contribution < -0.4 is 0 Å². The molecule has 6 aromatic heterocycles. The normalized spacial score (nSPS) is 9.25. The van der Waals surface area contributed by atoms with Crippen molar-refractivity contribution in [3.63, 3.8) is 0 Å². The lowest BCUT2D eigenvalue weighted by atomic mass is 10.2. The second-order valence-corrected chi connectivity index (χ2v) is 15.8. The van der Waals surface area contributed by atoms with E-state index in [1.165, 1.54) is 45.4 Å². The number of nitrogens with one attached hydrogen (secondary N) is 6. The fourth-order valence-electron chi connectivity index (χ4n) is 6.20. The van der Waals surface area contributed by atoms with Gasteiger partial charge >= 0.3 is 0 Å². The fraction of sp³-hybridized carbons (Fsp3) is 0.200. The first-order valence-corrected chi connectivity index (χ1v) is 26.9. The molecule has 0 saturated carbocycles. The van der Waals surface area contributed by atoms with Gasteiger partial charge in [0.15, 0.2) is 0 Å². The molecule has 12 rings (SSSR count). The number of aromatic amines is 6. The van der Waals surface area contributed by atoms with Gasteiger partial charge in [-0.1, -0.05) is 168 Å². The molecule has 0 aliphatic rings. The zero-order valence-corrected chi connectivity index (χ0v) is 48.3. The van der Waals surface area contributed by atoms with Crippen LogP contribution in [0.25, 0.3) is 65.4 Å². The van der Waals surface area contributed by atoms with E-state index in [0.29, 0.717) is 5.39 Å². The lowest BCUT2D eigenvalue weighted by Crippen LogP contribution is -1.72. The Hall–Kier alpha value is -6.04. The van der Waals surface area contributed by atoms with Crippen molar-refractivity contribution in [1.82, 2.24) is 29.9 Å². The first-order valence-electron chi connectivity index (χ1n) is 24.5. The van der Waals surface area contributed by atoms with Crippen LogP contribution in [-0.2, 0) is 0 Å². The van der Waals surface area contributed by atoms with Crippen molar-refractivity contribution in [3.8, 4) is 0 Å². The molecule has 6 aromatic carbocycles. The number of hydrogen-bond donors (Lipinski definition) is 6. The molecule has 0 amide bonds. The predicted molar refractivity (Wildman–Crippen MR) is 323 cm³/mol. The minimum Gasteiger partial charge on any atom is -0.361 e. The Morgan fingerprint density at radius 3 is 1.25 bits per heavy atom. The van der Waals surface area contributed by atoms with Gasteiger partial charge in [-0.3, -0.25) is 0 Å². The third kappa shape index (κ3) is 20.6. The Kier molecular flexibility index (Phi) is 33.5. The average molecular weight is 1150 g/mol. The minimum atomic E-state index is -0.199. The van der Waals surface area contributed by atoms with Crippen molar-refractivity contribution in [1.29, 1.82) is 0 Å². The monoisotopic (exact) mass is 1140 g/mol. The first kappa shape index (κ1) is 64.0. The third-order valence-electron chi connectivity index (χ3n) is 9.18. The third-order valence-corrected chi connectivity index (χ3v) is 10.9. The van der Waals surface area contributed by atoms with E-state index >= 15 is 0 Å². The largest absolute Gasteiger partial charge is 0.361 e. The van der Waals surface area contributed by atoms with E-state index in [9.17, 15) is 8.78 Å². The molecule has 12 heteroatoms. The molecule has 0 saturated heterocycles. The van der Waals surface area contributed by atoms with Gasteiger partial charge in [0, 0.05) is 105 Å². The smallest absolute Gasteiger partial charge is 0.132 e.